The molecule has 0 N–H and O–H groups in total. The van der Waals surface area contributed by atoms with E-state index in [9.17, 15) is 19.5 Å². The van der Waals surface area contributed by atoms with Gasteiger partial charge in [-0.15, -0.1) is 0 Å². The van der Waals surface area contributed by atoms with Crippen molar-refractivity contribution in [3.05, 3.63) is 170 Å². The number of carboxylic acids is 1. The topological polar surface area (TPSA) is 111 Å². The van der Waals surface area contributed by atoms with Gasteiger partial charge < -0.3 is 33.3 Å². The fourth-order valence-corrected chi connectivity index (χ4v) is 8.46. The standard InChI is InChI=1S/C76H121NO8/c1-6-8-10-12-14-16-18-20-22-24-26-27-28-29-30-31-32-33-34-35-36-37-38-39-40-41-42-43-44-45-46-47-49-51-53-55-57-59-61-63-65-67-74(79)85-72(71-84-76(75(80)81)82-69-68-77(3,4)5)70-83-73(78)66-64-62-60-58-56-54-52-50-48-25-23-21-19-17-15-13-11-9-7-2/h8-11,14-17,20-23,26-27,29-30,32-33,35-36,38-39,48,50,54,56,60,62,72,76H,6-7,12-13,18-19,24-25,28,31,34,37,40-47,49,51-53,55,57-59,61,63-71H2,1-5H3/b10-8-,11-9-,16-14-,17-15-,22-20-,23-21-,27-26-,30-29-,33-32-,36-35-,39-38-,50-48-,56-54-,62-60-. The number of ether oxygens (including phenoxy) is 4. The smallest absolute Gasteiger partial charge is 0.306 e. The quantitative estimate of drug-likeness (QED) is 0.0195. The highest BCUT2D eigenvalue weighted by Crippen LogP contribution is 2.16. The van der Waals surface area contributed by atoms with Crippen molar-refractivity contribution in [3.8, 4) is 0 Å². The van der Waals surface area contributed by atoms with E-state index in [2.05, 4.69) is 172 Å². The molecule has 85 heavy (non-hydrogen) atoms. The molecular formula is C76H121NO8. The van der Waals surface area contributed by atoms with Crippen LogP contribution in [-0.4, -0.2) is 82.3 Å². The molecule has 478 valence electrons. The van der Waals surface area contributed by atoms with Crippen LogP contribution < -0.4 is 5.11 Å². The monoisotopic (exact) mass is 1180 g/mol. The minimum atomic E-state index is -1.65. The van der Waals surface area contributed by atoms with Gasteiger partial charge in [-0.2, -0.15) is 0 Å². The molecule has 2 atom stereocenters. The number of quaternary nitrogens is 1. The lowest BCUT2D eigenvalue weighted by Gasteiger charge is -2.26. The van der Waals surface area contributed by atoms with E-state index in [1.807, 2.05) is 33.3 Å². The Labute approximate surface area is 520 Å². The molecule has 0 saturated heterocycles. The molecule has 0 aromatic carbocycles. The van der Waals surface area contributed by atoms with Gasteiger partial charge in [0.15, 0.2) is 12.4 Å². The minimum absolute atomic E-state index is 0.129. The zero-order valence-electron chi connectivity index (χ0n) is 54.4. The number of carboxylic acid groups (broad SMARTS) is 1. The van der Waals surface area contributed by atoms with E-state index in [1.54, 1.807) is 0 Å². The summed E-state index contributed by atoms with van der Waals surface area (Å²) in [7, 11) is 5.89. The van der Waals surface area contributed by atoms with Gasteiger partial charge in [0.2, 0.25) is 0 Å². The largest absolute Gasteiger partial charge is 0.545 e. The average molecular weight is 1180 g/mol. The zero-order valence-corrected chi connectivity index (χ0v) is 54.4. The Kier molecular flexibility index (Phi) is 60.6. The van der Waals surface area contributed by atoms with Gasteiger partial charge in [-0.3, -0.25) is 9.59 Å². The summed E-state index contributed by atoms with van der Waals surface area (Å²) in [6.07, 6.45) is 94.5. The van der Waals surface area contributed by atoms with E-state index in [0.717, 1.165) is 109 Å². The Balaban J connectivity index is 4.15. The van der Waals surface area contributed by atoms with Gasteiger partial charge in [0.05, 0.1) is 40.3 Å². The molecule has 0 aliphatic heterocycles. The summed E-state index contributed by atoms with van der Waals surface area (Å²) < 4.78 is 22.6. The summed E-state index contributed by atoms with van der Waals surface area (Å²) in [5, 5.41) is 11.8. The van der Waals surface area contributed by atoms with Crippen LogP contribution in [0.2, 0.25) is 0 Å². The SMILES string of the molecule is CC/C=C\C/C=C\C/C=C\C/C=C\C/C=C\C/C=C\C/C=C\C/C=C\CCCCCCCCCCCCCCCCCCC(=O)OC(COC(=O)CC/C=C\C/C=C\C/C=C\C/C=C\C/C=C\C/C=C\CC)COC(OCC[N+](C)(C)C)C(=O)[O-]. The lowest BCUT2D eigenvalue weighted by Crippen LogP contribution is -2.44. The van der Waals surface area contributed by atoms with Crippen LogP contribution in [-0.2, 0) is 33.3 Å². The van der Waals surface area contributed by atoms with E-state index in [0.29, 0.717) is 23.9 Å². The average Bonchev–Trinajstić information content (AvgIpc) is 3.49. The molecule has 0 spiro atoms. The Hall–Kier alpha value is -5.35. The second-order valence-corrected chi connectivity index (χ2v) is 22.6. The van der Waals surface area contributed by atoms with Gasteiger partial charge in [0, 0.05) is 12.8 Å². The molecule has 2 unspecified atom stereocenters. The number of likely N-dealkylation sites (N-methyl/N-ethyl adjacent to an activating group) is 1. The maximum Gasteiger partial charge on any atom is 0.306 e. The molecule has 0 rings (SSSR count). The van der Waals surface area contributed by atoms with Crippen LogP contribution in [0.3, 0.4) is 0 Å². The van der Waals surface area contributed by atoms with Crippen molar-refractivity contribution in [1.29, 1.82) is 0 Å². The van der Waals surface area contributed by atoms with Crippen molar-refractivity contribution >= 4 is 17.9 Å². The number of hydrogen-bond acceptors (Lipinski definition) is 8. The van der Waals surface area contributed by atoms with Crippen LogP contribution in [0.25, 0.3) is 0 Å². The molecule has 0 amide bonds. The van der Waals surface area contributed by atoms with Gasteiger partial charge in [-0.1, -0.05) is 274 Å². The Morgan fingerprint density at radius 2 is 0.659 bits per heavy atom. The number of nitrogens with zero attached hydrogens (tertiary/aromatic N) is 1. The number of allylic oxidation sites excluding steroid dienone is 28. The van der Waals surface area contributed by atoms with Crippen LogP contribution in [0.1, 0.15) is 232 Å². The van der Waals surface area contributed by atoms with Crippen LogP contribution in [0.4, 0.5) is 0 Å². The number of unbranched alkanes of at least 4 members (excludes halogenated alkanes) is 16. The number of aliphatic carboxylic acids is 1. The van der Waals surface area contributed by atoms with Crippen LogP contribution in [0.5, 0.6) is 0 Å². The molecule has 0 aliphatic carbocycles. The van der Waals surface area contributed by atoms with Crippen molar-refractivity contribution in [3.63, 3.8) is 0 Å². The van der Waals surface area contributed by atoms with Gasteiger partial charge in [-0.05, 0) is 116 Å². The number of carbonyl (C=O) groups is 3. The van der Waals surface area contributed by atoms with E-state index in [4.69, 9.17) is 18.9 Å². The predicted molar refractivity (Wildman–Crippen MR) is 361 cm³/mol. The number of carbonyl (C=O) groups excluding carboxylic acids is 3. The molecule has 0 heterocycles. The van der Waals surface area contributed by atoms with E-state index >= 15 is 0 Å². The van der Waals surface area contributed by atoms with Crippen LogP contribution >= 0.6 is 0 Å². The highest BCUT2D eigenvalue weighted by molar-refractivity contribution is 5.70. The first-order valence-corrected chi connectivity index (χ1v) is 33.3. The van der Waals surface area contributed by atoms with Crippen LogP contribution in [0, 0.1) is 0 Å². The minimum Gasteiger partial charge on any atom is -0.545 e. The fraction of sp³-hybridized carbons (Fsp3) is 0.592. The van der Waals surface area contributed by atoms with Crippen molar-refractivity contribution in [2.75, 3.05) is 47.5 Å². The van der Waals surface area contributed by atoms with E-state index < -0.39 is 30.3 Å². The summed E-state index contributed by atoms with van der Waals surface area (Å²) >= 11 is 0. The maximum atomic E-state index is 12.9. The normalized spacial score (nSPS) is 13.8. The lowest BCUT2D eigenvalue weighted by molar-refractivity contribution is -0.870. The summed E-state index contributed by atoms with van der Waals surface area (Å²) in [5.41, 5.74) is 0. The molecule has 0 fully saturated rings. The van der Waals surface area contributed by atoms with Crippen molar-refractivity contribution < 1.29 is 42.9 Å². The molecule has 0 aromatic rings. The van der Waals surface area contributed by atoms with Crippen molar-refractivity contribution in [1.82, 2.24) is 0 Å². The fourth-order valence-electron chi connectivity index (χ4n) is 8.46. The van der Waals surface area contributed by atoms with Gasteiger partial charge in [0.1, 0.15) is 13.2 Å². The first-order chi connectivity index (χ1) is 41.6. The maximum absolute atomic E-state index is 12.9. The molecule has 0 aliphatic rings. The number of rotatable bonds is 59. The molecule has 0 bridgehead atoms. The summed E-state index contributed by atoms with van der Waals surface area (Å²) in [6, 6.07) is 0. The number of esters is 2. The third-order valence-corrected chi connectivity index (χ3v) is 13.5. The third-order valence-electron chi connectivity index (χ3n) is 13.5. The predicted octanol–water partition coefficient (Wildman–Crippen LogP) is 19.3. The summed E-state index contributed by atoms with van der Waals surface area (Å²) in [6.45, 7) is 4.42. The Bertz CT molecular complexity index is 2000. The third kappa shape index (κ3) is 66.0. The molecule has 0 aromatic heterocycles. The Morgan fingerprint density at radius 3 is 0.988 bits per heavy atom. The van der Waals surface area contributed by atoms with Crippen molar-refractivity contribution in [2.24, 2.45) is 0 Å². The summed E-state index contributed by atoms with van der Waals surface area (Å²) in [5.74, 6) is -2.41. The second kappa shape index (κ2) is 64.6. The Morgan fingerprint density at radius 1 is 0.353 bits per heavy atom. The number of hydrogen-bond donors (Lipinski definition) is 0. The lowest BCUT2D eigenvalue weighted by atomic mass is 10.0. The van der Waals surface area contributed by atoms with Gasteiger partial charge >= 0.3 is 11.9 Å². The molecule has 9 nitrogen and oxygen atoms in total. The van der Waals surface area contributed by atoms with E-state index in [-0.39, 0.29) is 32.7 Å². The summed E-state index contributed by atoms with van der Waals surface area (Å²) in [4.78, 5) is 37.3. The second-order valence-electron chi connectivity index (χ2n) is 22.6. The first kappa shape index (κ1) is 79.7. The molecular weight excluding hydrogens is 1050 g/mol. The van der Waals surface area contributed by atoms with Crippen molar-refractivity contribution in [2.45, 2.75) is 245 Å². The molecule has 9 heteroatoms. The molecule has 0 radical (unpaired) electrons. The highest BCUT2D eigenvalue weighted by Gasteiger charge is 2.22. The highest BCUT2D eigenvalue weighted by atomic mass is 16.7. The van der Waals surface area contributed by atoms with Gasteiger partial charge in [0.25, 0.3) is 0 Å². The molecule has 0 saturated carbocycles. The first-order valence-electron chi connectivity index (χ1n) is 33.3. The van der Waals surface area contributed by atoms with Crippen LogP contribution in [0.15, 0.2) is 170 Å². The van der Waals surface area contributed by atoms with Gasteiger partial charge in [-0.25, -0.2) is 0 Å². The zero-order chi connectivity index (χ0) is 61.9. The van der Waals surface area contributed by atoms with E-state index in [1.165, 1.54) is 83.5 Å².